The van der Waals surface area contributed by atoms with Gasteiger partial charge in [0.1, 0.15) is 0 Å². The van der Waals surface area contributed by atoms with E-state index < -0.39 is 17.1 Å². The minimum absolute atomic E-state index is 1.05. The van der Waals surface area contributed by atoms with Crippen LogP contribution in [0.25, 0.3) is 0 Å². The Morgan fingerprint density at radius 1 is 0.542 bits per heavy atom. The van der Waals surface area contributed by atoms with Crippen LogP contribution in [0.5, 0.6) is 0 Å². The van der Waals surface area contributed by atoms with Crippen molar-refractivity contribution >= 4 is 17.1 Å². The Morgan fingerprint density at radius 2 is 0.917 bits per heavy atom. The molecule has 0 aliphatic rings. The molecule has 0 fully saturated rings. The van der Waals surface area contributed by atoms with Crippen molar-refractivity contribution in [1.29, 1.82) is 0 Å². The van der Waals surface area contributed by atoms with Crippen molar-refractivity contribution in [3.63, 3.8) is 0 Å². The summed E-state index contributed by atoms with van der Waals surface area (Å²) in [6, 6.07) is 2.16. The molecule has 0 atom stereocenters. The maximum Gasteiger partial charge on any atom is 0.334 e. The number of nitrogens with one attached hydrogen (secondary N) is 1. The summed E-state index contributed by atoms with van der Waals surface area (Å²) < 4.78 is 22.0. The van der Waals surface area contributed by atoms with Crippen molar-refractivity contribution in [2.45, 2.75) is 70.1 Å². The third kappa shape index (κ3) is 11.7. The molecule has 0 aliphatic heterocycles. The average Bonchev–Trinajstić information content (AvgIpc) is 2.62. The molecule has 0 heterocycles. The zero-order valence-electron chi connectivity index (χ0n) is 16.9. The van der Waals surface area contributed by atoms with Crippen LogP contribution in [0.1, 0.15) is 44.9 Å². The molecule has 0 rings (SSSR count). The Hall–Kier alpha value is 0.234. The molecule has 0 saturated carbocycles. The molecule has 1 N–H and O–H groups in total. The molecule has 0 aromatic carbocycles. The van der Waals surface area contributed by atoms with E-state index in [1.807, 2.05) is 0 Å². The predicted octanol–water partition coefficient (Wildman–Crippen LogP) is 4.04. The Balaban J connectivity index is 3.35. The highest BCUT2D eigenvalue weighted by Crippen LogP contribution is 2.17. The SMILES string of the molecule is CO[Si](C)(CCCCCCCCNCCC[Si](C)(OC)OC)OC. The lowest BCUT2D eigenvalue weighted by atomic mass is 10.1. The maximum absolute atomic E-state index is 5.51. The van der Waals surface area contributed by atoms with Crippen LogP contribution in [0.4, 0.5) is 0 Å². The summed E-state index contributed by atoms with van der Waals surface area (Å²) in [4.78, 5) is 0. The van der Waals surface area contributed by atoms with Gasteiger partial charge in [0, 0.05) is 28.4 Å². The van der Waals surface area contributed by atoms with Gasteiger partial charge < -0.3 is 23.0 Å². The van der Waals surface area contributed by atoms with E-state index in [9.17, 15) is 0 Å². The molecule has 146 valence electrons. The van der Waals surface area contributed by atoms with E-state index in [1.54, 1.807) is 28.4 Å². The molecule has 0 bridgehead atoms. The standard InChI is InChI=1S/C17H41NO4Si2/c1-19-23(5,20-2)16-12-10-8-7-9-11-14-18-15-13-17-24(6,21-3)22-4/h18H,7-17H2,1-6H3. The molecule has 0 aromatic heterocycles. The van der Waals surface area contributed by atoms with Gasteiger partial charge in [-0.15, -0.1) is 0 Å². The van der Waals surface area contributed by atoms with Crippen LogP contribution in [-0.2, 0) is 17.7 Å². The third-order valence-electron chi connectivity index (χ3n) is 4.95. The van der Waals surface area contributed by atoms with Crippen LogP contribution < -0.4 is 5.32 Å². The first-order valence-corrected chi connectivity index (χ1v) is 14.4. The first-order valence-electron chi connectivity index (χ1n) is 9.36. The fourth-order valence-electron chi connectivity index (χ4n) is 2.64. The molecular formula is C17H41NO4Si2. The zero-order valence-corrected chi connectivity index (χ0v) is 18.9. The van der Waals surface area contributed by atoms with E-state index in [-0.39, 0.29) is 0 Å². The molecule has 0 amide bonds. The van der Waals surface area contributed by atoms with Crippen molar-refractivity contribution in [3.8, 4) is 0 Å². The largest absolute Gasteiger partial charge is 0.398 e. The number of unbranched alkanes of at least 4 members (excludes halogenated alkanes) is 5. The summed E-state index contributed by atoms with van der Waals surface area (Å²) in [6.45, 7) is 6.45. The van der Waals surface area contributed by atoms with Gasteiger partial charge in [-0.3, -0.25) is 0 Å². The van der Waals surface area contributed by atoms with Crippen LogP contribution in [0, 0.1) is 0 Å². The van der Waals surface area contributed by atoms with E-state index in [0.29, 0.717) is 0 Å². The second kappa shape index (κ2) is 14.4. The average molecular weight is 380 g/mol. The van der Waals surface area contributed by atoms with Crippen LogP contribution >= 0.6 is 0 Å². The summed E-state index contributed by atoms with van der Waals surface area (Å²) in [7, 11) is 3.37. The quantitative estimate of drug-likeness (QED) is 0.305. The number of hydrogen-bond donors (Lipinski definition) is 1. The van der Waals surface area contributed by atoms with Crippen molar-refractivity contribution in [3.05, 3.63) is 0 Å². The van der Waals surface area contributed by atoms with Crippen LogP contribution in [0.3, 0.4) is 0 Å². The van der Waals surface area contributed by atoms with Gasteiger partial charge >= 0.3 is 17.1 Å². The van der Waals surface area contributed by atoms with Gasteiger partial charge in [-0.05, 0) is 51.1 Å². The monoisotopic (exact) mass is 379 g/mol. The van der Waals surface area contributed by atoms with Crippen LogP contribution in [-0.4, -0.2) is 58.7 Å². The lowest BCUT2D eigenvalue weighted by molar-refractivity contribution is 0.247. The van der Waals surface area contributed by atoms with Crippen LogP contribution in [0.15, 0.2) is 0 Å². The molecule has 0 saturated heterocycles. The van der Waals surface area contributed by atoms with Gasteiger partial charge in [0.05, 0.1) is 0 Å². The predicted molar refractivity (Wildman–Crippen MR) is 106 cm³/mol. The lowest BCUT2D eigenvalue weighted by Gasteiger charge is -2.22. The lowest BCUT2D eigenvalue weighted by Crippen LogP contribution is -2.36. The van der Waals surface area contributed by atoms with Crippen LogP contribution in [0.2, 0.25) is 25.2 Å². The molecule has 0 spiro atoms. The number of hydrogen-bond acceptors (Lipinski definition) is 5. The summed E-state index contributed by atoms with van der Waals surface area (Å²) in [5, 5.41) is 3.53. The van der Waals surface area contributed by atoms with Gasteiger partial charge in [0.2, 0.25) is 0 Å². The summed E-state index contributed by atoms with van der Waals surface area (Å²) in [5.41, 5.74) is 0. The van der Waals surface area contributed by atoms with Crippen molar-refractivity contribution in [2.24, 2.45) is 0 Å². The Kier molecular flexibility index (Phi) is 14.5. The minimum Gasteiger partial charge on any atom is -0.398 e. The molecule has 0 radical (unpaired) electrons. The minimum atomic E-state index is -1.87. The third-order valence-corrected chi connectivity index (χ3v) is 10.9. The molecule has 5 nitrogen and oxygen atoms in total. The maximum atomic E-state index is 5.51. The van der Waals surface area contributed by atoms with Crippen molar-refractivity contribution in [2.75, 3.05) is 41.5 Å². The van der Waals surface area contributed by atoms with E-state index in [2.05, 4.69) is 18.4 Å². The summed E-state index contributed by atoms with van der Waals surface area (Å²) in [6.07, 6.45) is 8.89. The molecular weight excluding hydrogens is 338 g/mol. The van der Waals surface area contributed by atoms with E-state index in [4.69, 9.17) is 17.7 Å². The molecule has 7 heteroatoms. The van der Waals surface area contributed by atoms with Gasteiger partial charge in [-0.2, -0.15) is 0 Å². The Labute approximate surface area is 152 Å². The molecule has 24 heavy (non-hydrogen) atoms. The highest BCUT2D eigenvalue weighted by atomic mass is 28.4. The number of rotatable bonds is 17. The van der Waals surface area contributed by atoms with E-state index >= 15 is 0 Å². The fraction of sp³-hybridized carbons (Fsp3) is 1.00. The first-order chi connectivity index (χ1) is 11.4. The fourth-order valence-corrected chi connectivity index (χ4v) is 5.50. The van der Waals surface area contributed by atoms with E-state index in [0.717, 1.165) is 31.6 Å². The molecule has 0 aromatic rings. The summed E-state index contributed by atoms with van der Waals surface area (Å²) >= 11 is 0. The second-order valence-electron chi connectivity index (χ2n) is 6.81. The smallest absolute Gasteiger partial charge is 0.334 e. The topological polar surface area (TPSA) is 49.0 Å². The van der Waals surface area contributed by atoms with Gasteiger partial charge in [-0.25, -0.2) is 0 Å². The highest BCUT2D eigenvalue weighted by Gasteiger charge is 2.28. The first kappa shape index (κ1) is 24.2. The highest BCUT2D eigenvalue weighted by molar-refractivity contribution is 6.66. The normalized spacial score (nSPS) is 12.8. The second-order valence-corrected chi connectivity index (χ2v) is 14.0. The van der Waals surface area contributed by atoms with E-state index in [1.165, 1.54) is 38.5 Å². The Morgan fingerprint density at radius 3 is 1.42 bits per heavy atom. The van der Waals surface area contributed by atoms with Gasteiger partial charge in [0.25, 0.3) is 0 Å². The Bertz CT molecular complexity index is 260. The van der Waals surface area contributed by atoms with Crippen molar-refractivity contribution < 1.29 is 17.7 Å². The van der Waals surface area contributed by atoms with Crippen molar-refractivity contribution in [1.82, 2.24) is 5.32 Å². The summed E-state index contributed by atoms with van der Waals surface area (Å²) in [5.74, 6) is 0. The zero-order chi connectivity index (χ0) is 18.3. The van der Waals surface area contributed by atoms with Gasteiger partial charge in [0.15, 0.2) is 0 Å². The van der Waals surface area contributed by atoms with Gasteiger partial charge in [-0.1, -0.05) is 32.1 Å². The molecule has 0 unspecified atom stereocenters. The molecule has 0 aliphatic carbocycles.